The first-order valence-corrected chi connectivity index (χ1v) is 8.78. The Morgan fingerprint density at radius 3 is 2.62 bits per heavy atom. The summed E-state index contributed by atoms with van der Waals surface area (Å²) in [4.78, 5) is 15.2. The van der Waals surface area contributed by atoms with Crippen LogP contribution in [0, 0.1) is 0 Å². The molecular weight excluding hydrogens is 318 g/mol. The molecule has 3 nitrogen and oxygen atoms in total. The van der Waals surface area contributed by atoms with E-state index in [-0.39, 0.29) is 0 Å². The van der Waals surface area contributed by atoms with Crippen LogP contribution in [0.3, 0.4) is 0 Å². The highest BCUT2D eigenvalue weighted by Crippen LogP contribution is 2.41. The van der Waals surface area contributed by atoms with Gasteiger partial charge in [0.15, 0.2) is 0 Å². The Hall–Kier alpha value is -2.59. The highest BCUT2D eigenvalue weighted by Gasteiger charge is 2.23. The van der Waals surface area contributed by atoms with Gasteiger partial charge in [0.25, 0.3) is 0 Å². The van der Waals surface area contributed by atoms with Crippen molar-refractivity contribution in [2.24, 2.45) is 0 Å². The molecule has 2 heterocycles. The van der Waals surface area contributed by atoms with E-state index < -0.39 is 5.97 Å². The summed E-state index contributed by atoms with van der Waals surface area (Å²) < 4.78 is 0. The minimum absolute atomic E-state index is 0.423. The predicted molar refractivity (Wildman–Crippen MR) is 97.9 cm³/mol. The molecular formula is C20H17NO2S. The normalized spacial score (nSPS) is 13.1. The summed E-state index contributed by atoms with van der Waals surface area (Å²) in [5, 5.41) is 9.30. The summed E-state index contributed by atoms with van der Waals surface area (Å²) in [6, 6.07) is 20.6. The van der Waals surface area contributed by atoms with Gasteiger partial charge in [-0.25, -0.2) is 4.79 Å². The van der Waals surface area contributed by atoms with Crippen LogP contribution in [0.15, 0.2) is 60.7 Å². The maximum Gasteiger partial charge on any atom is 0.345 e. The van der Waals surface area contributed by atoms with E-state index in [0.717, 1.165) is 35.5 Å². The lowest BCUT2D eigenvalue weighted by atomic mass is 10.1. The molecule has 0 amide bonds. The lowest BCUT2D eigenvalue weighted by molar-refractivity contribution is 0.0702. The van der Waals surface area contributed by atoms with Gasteiger partial charge >= 0.3 is 5.97 Å². The SMILES string of the molecule is O=C(O)c1cc2c(s1)-c1ccccc1N(Cc1ccccc1)CC2. The second-order valence-electron chi connectivity index (χ2n) is 5.94. The number of hydrogen-bond acceptors (Lipinski definition) is 3. The number of aromatic carboxylic acids is 1. The molecule has 24 heavy (non-hydrogen) atoms. The quantitative estimate of drug-likeness (QED) is 0.756. The minimum atomic E-state index is -0.841. The zero-order chi connectivity index (χ0) is 16.5. The van der Waals surface area contributed by atoms with Crippen LogP contribution in [-0.4, -0.2) is 17.6 Å². The van der Waals surface area contributed by atoms with Gasteiger partial charge in [-0.3, -0.25) is 0 Å². The highest BCUT2D eigenvalue weighted by atomic mass is 32.1. The van der Waals surface area contributed by atoms with Crippen LogP contribution in [0.2, 0.25) is 0 Å². The molecule has 0 radical (unpaired) electrons. The van der Waals surface area contributed by atoms with Crippen LogP contribution < -0.4 is 4.90 Å². The zero-order valence-corrected chi connectivity index (χ0v) is 13.9. The fourth-order valence-corrected chi connectivity index (χ4v) is 4.32. The molecule has 0 saturated heterocycles. The summed E-state index contributed by atoms with van der Waals surface area (Å²) in [6.07, 6.45) is 0.862. The molecule has 0 atom stereocenters. The van der Waals surface area contributed by atoms with Crippen LogP contribution >= 0.6 is 11.3 Å². The molecule has 1 aromatic heterocycles. The van der Waals surface area contributed by atoms with Crippen LogP contribution in [0.25, 0.3) is 10.4 Å². The van der Waals surface area contributed by atoms with Crippen molar-refractivity contribution < 1.29 is 9.90 Å². The number of carboxylic acid groups (broad SMARTS) is 1. The maximum absolute atomic E-state index is 11.3. The standard InChI is InChI=1S/C20H17NO2S/c22-20(23)18-12-15-10-11-21(13-14-6-2-1-3-7-14)17-9-5-4-8-16(17)19(15)24-18/h1-9,12H,10-11,13H2,(H,22,23). The van der Waals surface area contributed by atoms with Crippen LogP contribution in [0.5, 0.6) is 0 Å². The predicted octanol–water partition coefficient (Wildman–Crippen LogP) is 4.68. The van der Waals surface area contributed by atoms with E-state index in [1.165, 1.54) is 22.6 Å². The molecule has 3 aromatic rings. The number of rotatable bonds is 3. The van der Waals surface area contributed by atoms with Crippen molar-refractivity contribution in [1.29, 1.82) is 0 Å². The van der Waals surface area contributed by atoms with E-state index in [2.05, 4.69) is 41.3 Å². The fourth-order valence-electron chi connectivity index (χ4n) is 3.23. The number of fused-ring (bicyclic) bond motifs is 3. The van der Waals surface area contributed by atoms with Gasteiger partial charge in [-0.2, -0.15) is 0 Å². The average Bonchev–Trinajstić information content (AvgIpc) is 2.98. The molecule has 1 aliphatic rings. The molecule has 1 N–H and O–H groups in total. The fraction of sp³-hybridized carbons (Fsp3) is 0.150. The molecule has 0 unspecified atom stereocenters. The van der Waals surface area contributed by atoms with Crippen molar-refractivity contribution in [1.82, 2.24) is 0 Å². The van der Waals surface area contributed by atoms with Gasteiger partial charge in [-0.1, -0.05) is 48.5 Å². The number of para-hydroxylation sites is 1. The molecule has 2 aromatic carbocycles. The molecule has 4 rings (SSSR count). The summed E-state index contributed by atoms with van der Waals surface area (Å²) in [5.41, 5.74) is 4.74. The van der Waals surface area contributed by atoms with Crippen molar-refractivity contribution in [3.8, 4) is 10.4 Å². The van der Waals surface area contributed by atoms with Crippen LogP contribution in [0.4, 0.5) is 5.69 Å². The zero-order valence-electron chi connectivity index (χ0n) is 13.1. The van der Waals surface area contributed by atoms with E-state index in [1.54, 1.807) is 0 Å². The van der Waals surface area contributed by atoms with E-state index in [0.29, 0.717) is 4.88 Å². The summed E-state index contributed by atoms with van der Waals surface area (Å²) in [5.74, 6) is -0.841. The van der Waals surface area contributed by atoms with Crippen molar-refractivity contribution >= 4 is 23.0 Å². The number of carbonyl (C=O) groups is 1. The second-order valence-corrected chi connectivity index (χ2v) is 7.00. The maximum atomic E-state index is 11.3. The average molecular weight is 335 g/mol. The largest absolute Gasteiger partial charge is 0.477 e. The number of thiophene rings is 1. The van der Waals surface area contributed by atoms with E-state index in [4.69, 9.17) is 0 Å². The highest BCUT2D eigenvalue weighted by molar-refractivity contribution is 7.17. The lowest BCUT2D eigenvalue weighted by Gasteiger charge is -2.25. The van der Waals surface area contributed by atoms with Gasteiger partial charge in [0.2, 0.25) is 0 Å². The Labute approximate surface area is 144 Å². The van der Waals surface area contributed by atoms with E-state index in [9.17, 15) is 9.90 Å². The van der Waals surface area contributed by atoms with Gasteiger partial charge in [0.05, 0.1) is 0 Å². The van der Waals surface area contributed by atoms with Crippen molar-refractivity contribution in [2.45, 2.75) is 13.0 Å². The van der Waals surface area contributed by atoms with Crippen LogP contribution in [-0.2, 0) is 13.0 Å². The Morgan fingerprint density at radius 1 is 1.08 bits per heavy atom. The summed E-state index contributed by atoms with van der Waals surface area (Å²) in [7, 11) is 0. The Morgan fingerprint density at radius 2 is 1.83 bits per heavy atom. The Bertz CT molecular complexity index is 886. The molecule has 0 saturated carbocycles. The van der Waals surface area contributed by atoms with Gasteiger partial charge < -0.3 is 10.0 Å². The monoisotopic (exact) mass is 335 g/mol. The molecule has 1 aliphatic heterocycles. The van der Waals surface area contributed by atoms with Crippen molar-refractivity contribution in [2.75, 3.05) is 11.4 Å². The van der Waals surface area contributed by atoms with Gasteiger partial charge in [-0.05, 0) is 29.7 Å². The van der Waals surface area contributed by atoms with Gasteiger partial charge in [0.1, 0.15) is 4.88 Å². The number of nitrogens with zero attached hydrogens (tertiary/aromatic N) is 1. The number of carboxylic acids is 1. The van der Waals surface area contributed by atoms with Crippen molar-refractivity contribution in [3.05, 3.63) is 76.7 Å². The second kappa shape index (κ2) is 6.13. The molecule has 120 valence electrons. The third kappa shape index (κ3) is 2.69. The Balaban J connectivity index is 1.76. The number of hydrogen-bond donors (Lipinski definition) is 1. The third-order valence-electron chi connectivity index (χ3n) is 4.38. The Kier molecular flexibility index (Phi) is 3.82. The topological polar surface area (TPSA) is 40.5 Å². The molecule has 0 fully saturated rings. The van der Waals surface area contributed by atoms with E-state index in [1.807, 2.05) is 24.3 Å². The van der Waals surface area contributed by atoms with Crippen molar-refractivity contribution in [3.63, 3.8) is 0 Å². The molecule has 0 spiro atoms. The third-order valence-corrected chi connectivity index (χ3v) is 5.58. The van der Waals surface area contributed by atoms with Gasteiger partial charge in [0, 0.05) is 29.2 Å². The number of benzene rings is 2. The van der Waals surface area contributed by atoms with Crippen LogP contribution in [0.1, 0.15) is 20.8 Å². The smallest absolute Gasteiger partial charge is 0.345 e. The van der Waals surface area contributed by atoms with Gasteiger partial charge in [-0.15, -0.1) is 11.3 Å². The molecule has 0 aliphatic carbocycles. The molecule has 4 heteroatoms. The lowest BCUT2D eigenvalue weighted by Crippen LogP contribution is -2.24. The summed E-state index contributed by atoms with van der Waals surface area (Å²) in [6.45, 7) is 1.74. The minimum Gasteiger partial charge on any atom is -0.477 e. The first-order chi connectivity index (χ1) is 11.7. The number of anilines is 1. The summed E-state index contributed by atoms with van der Waals surface area (Å²) >= 11 is 1.38. The van der Waals surface area contributed by atoms with E-state index >= 15 is 0 Å². The first kappa shape index (κ1) is 15.0. The molecule has 0 bridgehead atoms. The first-order valence-electron chi connectivity index (χ1n) is 7.96.